The average molecular weight is 366 g/mol. The van der Waals surface area contributed by atoms with Gasteiger partial charge in [0.15, 0.2) is 0 Å². The molecule has 1 N–H and O–H groups in total. The lowest BCUT2D eigenvalue weighted by atomic mass is 10.1. The number of ether oxygens (including phenoxy) is 2. The first-order valence-electron chi connectivity index (χ1n) is 8.11. The van der Waals surface area contributed by atoms with Gasteiger partial charge in [0.05, 0.1) is 5.56 Å². The third-order valence-electron chi connectivity index (χ3n) is 3.96. The fourth-order valence-corrected chi connectivity index (χ4v) is 2.51. The number of pyridine rings is 1. The van der Waals surface area contributed by atoms with E-state index in [1.807, 2.05) is 0 Å². The Hall–Kier alpha value is -2.61. The van der Waals surface area contributed by atoms with Gasteiger partial charge in [-0.25, -0.2) is 4.98 Å². The van der Waals surface area contributed by atoms with E-state index in [1.54, 1.807) is 24.3 Å². The van der Waals surface area contributed by atoms with Crippen LogP contribution in [0.15, 0.2) is 42.6 Å². The van der Waals surface area contributed by atoms with Gasteiger partial charge in [0.1, 0.15) is 5.75 Å². The highest BCUT2D eigenvalue weighted by Crippen LogP contribution is 2.30. The molecule has 1 fully saturated rings. The second-order valence-corrected chi connectivity index (χ2v) is 5.87. The summed E-state index contributed by atoms with van der Waals surface area (Å²) in [6.45, 7) is 1.27. The number of amides is 1. The molecule has 1 aromatic heterocycles. The van der Waals surface area contributed by atoms with Gasteiger partial charge in [-0.3, -0.25) is 4.79 Å². The van der Waals surface area contributed by atoms with Crippen LogP contribution < -0.4 is 10.1 Å². The molecule has 0 atom stereocenters. The monoisotopic (exact) mass is 366 g/mol. The Morgan fingerprint density at radius 1 is 1.12 bits per heavy atom. The molecular formula is C18H17F3N2O3. The molecule has 0 unspecified atom stereocenters. The average Bonchev–Trinajstić information content (AvgIpc) is 2.63. The fourth-order valence-electron chi connectivity index (χ4n) is 2.51. The van der Waals surface area contributed by atoms with Gasteiger partial charge in [0, 0.05) is 37.1 Å². The van der Waals surface area contributed by atoms with Gasteiger partial charge in [0.2, 0.25) is 5.88 Å². The normalized spacial score (nSPS) is 15.5. The van der Waals surface area contributed by atoms with Crippen LogP contribution in [-0.4, -0.2) is 30.1 Å². The molecule has 0 aliphatic carbocycles. The lowest BCUT2D eigenvalue weighted by Gasteiger charge is -2.23. The van der Waals surface area contributed by atoms with Gasteiger partial charge in [-0.2, -0.15) is 13.2 Å². The standard InChI is InChI=1S/C18H17F3N2O3/c19-18(20,21)13-3-6-16(22-11-13)26-15-4-1-12(2-5-15)17(24)23-14-7-9-25-10-8-14/h1-6,11,14H,7-10H2,(H,23,24). The van der Waals surface area contributed by atoms with Crippen LogP contribution in [0.1, 0.15) is 28.8 Å². The van der Waals surface area contributed by atoms with Gasteiger partial charge in [-0.1, -0.05) is 0 Å². The number of nitrogens with one attached hydrogen (secondary N) is 1. The zero-order chi connectivity index (χ0) is 18.6. The lowest BCUT2D eigenvalue weighted by molar-refractivity contribution is -0.137. The summed E-state index contributed by atoms with van der Waals surface area (Å²) in [5.74, 6) is 0.230. The van der Waals surface area contributed by atoms with Crippen LogP contribution in [-0.2, 0) is 10.9 Å². The Balaban J connectivity index is 1.59. The maximum absolute atomic E-state index is 12.5. The zero-order valence-corrected chi connectivity index (χ0v) is 13.8. The number of aromatic nitrogens is 1. The van der Waals surface area contributed by atoms with Crippen molar-refractivity contribution in [1.29, 1.82) is 0 Å². The Bertz CT molecular complexity index is 740. The third kappa shape index (κ3) is 4.72. The van der Waals surface area contributed by atoms with Crippen LogP contribution in [0.2, 0.25) is 0 Å². The number of hydrogen-bond donors (Lipinski definition) is 1. The van der Waals surface area contributed by atoms with Crippen molar-refractivity contribution in [1.82, 2.24) is 10.3 Å². The van der Waals surface area contributed by atoms with Gasteiger partial charge >= 0.3 is 6.18 Å². The molecule has 1 aliphatic rings. The molecule has 2 aromatic rings. The Labute approximate surface area is 148 Å². The van der Waals surface area contributed by atoms with Crippen LogP contribution in [0.3, 0.4) is 0 Å². The highest BCUT2D eigenvalue weighted by molar-refractivity contribution is 5.94. The van der Waals surface area contributed by atoms with Crippen molar-refractivity contribution in [3.8, 4) is 11.6 Å². The second-order valence-electron chi connectivity index (χ2n) is 5.87. The molecule has 138 valence electrons. The fraction of sp³-hybridized carbons (Fsp3) is 0.333. The number of carbonyl (C=O) groups is 1. The van der Waals surface area contributed by atoms with Gasteiger partial charge in [0.25, 0.3) is 5.91 Å². The molecule has 3 rings (SSSR count). The SMILES string of the molecule is O=C(NC1CCOCC1)c1ccc(Oc2ccc(C(F)(F)F)cn2)cc1. The maximum atomic E-state index is 12.5. The quantitative estimate of drug-likeness (QED) is 0.894. The Morgan fingerprint density at radius 2 is 1.81 bits per heavy atom. The van der Waals surface area contributed by atoms with E-state index in [2.05, 4.69) is 10.3 Å². The largest absolute Gasteiger partial charge is 0.439 e. The summed E-state index contributed by atoms with van der Waals surface area (Å²) < 4.78 is 48.2. The van der Waals surface area contributed by atoms with E-state index in [1.165, 1.54) is 0 Å². The minimum absolute atomic E-state index is 0.0393. The van der Waals surface area contributed by atoms with Gasteiger partial charge in [-0.05, 0) is 43.2 Å². The summed E-state index contributed by atoms with van der Waals surface area (Å²) >= 11 is 0. The molecule has 8 heteroatoms. The summed E-state index contributed by atoms with van der Waals surface area (Å²) in [6.07, 6.45) is -2.16. The molecule has 0 radical (unpaired) electrons. The highest BCUT2D eigenvalue weighted by Gasteiger charge is 2.30. The third-order valence-corrected chi connectivity index (χ3v) is 3.96. The number of halogens is 3. The smallest absolute Gasteiger partial charge is 0.417 e. The van der Waals surface area contributed by atoms with E-state index in [0.29, 0.717) is 30.7 Å². The molecule has 0 saturated carbocycles. The summed E-state index contributed by atoms with van der Waals surface area (Å²) in [7, 11) is 0. The molecule has 0 bridgehead atoms. The van der Waals surface area contributed by atoms with Crippen LogP contribution in [0, 0.1) is 0 Å². The minimum atomic E-state index is -4.44. The lowest BCUT2D eigenvalue weighted by Crippen LogP contribution is -2.38. The van der Waals surface area contributed by atoms with E-state index in [4.69, 9.17) is 9.47 Å². The Kier molecular flexibility index (Phi) is 5.41. The van der Waals surface area contributed by atoms with Crippen molar-refractivity contribution in [3.63, 3.8) is 0 Å². The molecule has 1 aromatic carbocycles. The van der Waals surface area contributed by atoms with Crippen molar-refractivity contribution >= 4 is 5.91 Å². The summed E-state index contributed by atoms with van der Waals surface area (Å²) in [5, 5.41) is 2.95. The van der Waals surface area contributed by atoms with Gasteiger partial charge < -0.3 is 14.8 Å². The summed E-state index contributed by atoms with van der Waals surface area (Å²) in [4.78, 5) is 15.8. The Morgan fingerprint density at radius 3 is 2.38 bits per heavy atom. The summed E-state index contributed by atoms with van der Waals surface area (Å²) in [6, 6.07) is 8.47. The first kappa shape index (κ1) is 18.2. The number of alkyl halides is 3. The van der Waals surface area contributed by atoms with E-state index < -0.39 is 11.7 Å². The second kappa shape index (κ2) is 7.74. The number of hydrogen-bond acceptors (Lipinski definition) is 4. The van der Waals surface area contributed by atoms with Crippen LogP contribution >= 0.6 is 0 Å². The molecule has 1 saturated heterocycles. The molecule has 1 aliphatic heterocycles. The molecule has 2 heterocycles. The predicted molar refractivity (Wildman–Crippen MR) is 87.1 cm³/mol. The van der Waals surface area contributed by atoms with Crippen molar-refractivity contribution < 1.29 is 27.4 Å². The zero-order valence-electron chi connectivity index (χ0n) is 13.8. The summed E-state index contributed by atoms with van der Waals surface area (Å²) in [5.41, 5.74) is -0.366. The number of carbonyl (C=O) groups excluding carboxylic acids is 1. The van der Waals surface area contributed by atoms with Gasteiger partial charge in [-0.15, -0.1) is 0 Å². The van der Waals surface area contributed by atoms with Crippen LogP contribution in [0.25, 0.3) is 0 Å². The number of benzene rings is 1. The molecular weight excluding hydrogens is 349 g/mol. The van der Waals surface area contributed by atoms with Crippen molar-refractivity contribution in [2.75, 3.05) is 13.2 Å². The first-order valence-corrected chi connectivity index (χ1v) is 8.11. The number of nitrogens with zero attached hydrogens (tertiary/aromatic N) is 1. The van der Waals surface area contributed by atoms with Crippen molar-refractivity contribution in [2.24, 2.45) is 0 Å². The molecule has 0 spiro atoms. The first-order chi connectivity index (χ1) is 12.4. The topological polar surface area (TPSA) is 60.5 Å². The minimum Gasteiger partial charge on any atom is -0.439 e. The van der Waals surface area contributed by atoms with E-state index in [0.717, 1.165) is 25.0 Å². The highest BCUT2D eigenvalue weighted by atomic mass is 19.4. The van der Waals surface area contributed by atoms with Crippen molar-refractivity contribution in [3.05, 3.63) is 53.7 Å². The van der Waals surface area contributed by atoms with Crippen molar-refractivity contribution in [2.45, 2.75) is 25.1 Å². The van der Waals surface area contributed by atoms with E-state index in [-0.39, 0.29) is 17.8 Å². The van der Waals surface area contributed by atoms with Crippen LogP contribution in [0.4, 0.5) is 13.2 Å². The van der Waals surface area contributed by atoms with E-state index in [9.17, 15) is 18.0 Å². The molecule has 5 nitrogen and oxygen atoms in total. The molecule has 1 amide bonds. The number of rotatable bonds is 4. The van der Waals surface area contributed by atoms with E-state index >= 15 is 0 Å². The maximum Gasteiger partial charge on any atom is 0.417 e. The van der Waals surface area contributed by atoms with Crippen LogP contribution in [0.5, 0.6) is 11.6 Å². The molecule has 26 heavy (non-hydrogen) atoms. The predicted octanol–water partition coefficient (Wildman–Crippen LogP) is 3.80.